The zero-order valence-electron chi connectivity index (χ0n) is 21.8. The molecule has 5 heterocycles. The number of fused-ring (bicyclic) bond motifs is 1. The molecular weight excluding hydrogens is 546 g/mol. The van der Waals surface area contributed by atoms with Crippen molar-refractivity contribution >= 4 is 44.5 Å². The fraction of sp³-hybridized carbons (Fsp3) is 0.250. The van der Waals surface area contributed by atoms with Gasteiger partial charge in [0.2, 0.25) is 5.95 Å². The summed E-state index contributed by atoms with van der Waals surface area (Å²) in [5.74, 6) is 1.59. The van der Waals surface area contributed by atoms with Crippen LogP contribution >= 0.6 is 11.8 Å². The van der Waals surface area contributed by atoms with Crippen LogP contribution in [0.15, 0.2) is 83.1 Å². The molecule has 1 fully saturated rings. The lowest BCUT2D eigenvalue weighted by Gasteiger charge is -2.21. The van der Waals surface area contributed by atoms with E-state index in [0.29, 0.717) is 28.8 Å². The lowest BCUT2D eigenvalue weighted by molar-refractivity contribution is 0.587. The number of aryl methyl sites for hydroxylation is 1. The van der Waals surface area contributed by atoms with Crippen LogP contribution in [0.2, 0.25) is 0 Å². The topological polar surface area (TPSA) is 125 Å². The van der Waals surface area contributed by atoms with E-state index < -0.39 is 15.6 Å². The van der Waals surface area contributed by atoms with E-state index in [0.717, 1.165) is 9.66 Å². The Morgan fingerprint density at radius 3 is 2.58 bits per heavy atom. The van der Waals surface area contributed by atoms with E-state index in [1.54, 1.807) is 12.3 Å². The molecule has 10 nitrogen and oxygen atoms in total. The van der Waals surface area contributed by atoms with Crippen LogP contribution in [0.5, 0.6) is 0 Å². The van der Waals surface area contributed by atoms with Crippen molar-refractivity contribution in [1.82, 2.24) is 28.5 Å². The number of rotatable bonds is 7. The molecule has 5 aromatic rings. The van der Waals surface area contributed by atoms with Crippen LogP contribution in [0, 0.1) is 0 Å². The monoisotopic (exact) mass is 573 g/mol. The Balaban J connectivity index is 1.34. The number of benzene rings is 1. The predicted molar refractivity (Wildman–Crippen MR) is 156 cm³/mol. The summed E-state index contributed by atoms with van der Waals surface area (Å²) in [5, 5.41) is 4.37. The highest BCUT2D eigenvalue weighted by atomic mass is 32.2. The second-order valence-corrected chi connectivity index (χ2v) is 12.5. The SMILES string of the molecule is CCn1c(=O)c(-c2nccn2S(=O)(=O)c2ccncc2)cc2cnc(Nc3ccc(C4CCCCS4)cc3)nc21. The van der Waals surface area contributed by atoms with Crippen molar-refractivity contribution in [2.75, 3.05) is 11.1 Å². The number of aromatic nitrogens is 6. The standard InChI is InChI=1S/C28H27N7O3S2/c1-2-34-25-20(18-31-28(33-25)32-21-8-6-19(7-9-21)24-5-3-4-16-39-24)17-23(27(34)36)26-30-14-15-35(26)40(37,38)22-10-12-29-13-11-22/h6-15,17-18,24H,2-5,16H2,1H3,(H,31,32,33). The lowest BCUT2D eigenvalue weighted by Crippen LogP contribution is -2.24. The minimum absolute atomic E-state index is 0.0179. The Kier molecular flexibility index (Phi) is 7.11. The minimum atomic E-state index is -3.99. The van der Waals surface area contributed by atoms with Gasteiger partial charge in [0.1, 0.15) is 5.65 Å². The quantitative estimate of drug-likeness (QED) is 0.286. The predicted octanol–water partition coefficient (Wildman–Crippen LogP) is 5.01. The Morgan fingerprint density at radius 2 is 1.85 bits per heavy atom. The zero-order valence-corrected chi connectivity index (χ0v) is 23.4. The molecule has 1 saturated heterocycles. The first kappa shape index (κ1) is 26.2. The van der Waals surface area contributed by atoms with Crippen molar-refractivity contribution in [2.45, 2.75) is 42.9 Å². The number of nitrogens with one attached hydrogen (secondary N) is 1. The molecule has 1 atom stereocenters. The minimum Gasteiger partial charge on any atom is -0.324 e. The molecule has 40 heavy (non-hydrogen) atoms. The summed E-state index contributed by atoms with van der Waals surface area (Å²) < 4.78 is 29.1. The molecule has 4 aromatic heterocycles. The van der Waals surface area contributed by atoms with Crippen molar-refractivity contribution in [3.05, 3.63) is 89.4 Å². The van der Waals surface area contributed by atoms with Crippen LogP contribution in [-0.4, -0.2) is 42.6 Å². The van der Waals surface area contributed by atoms with Gasteiger partial charge in [-0.2, -0.15) is 16.7 Å². The van der Waals surface area contributed by atoms with E-state index >= 15 is 0 Å². The number of hydrogen-bond acceptors (Lipinski definition) is 9. The highest BCUT2D eigenvalue weighted by molar-refractivity contribution is 7.99. The molecule has 6 rings (SSSR count). The van der Waals surface area contributed by atoms with E-state index in [-0.39, 0.29) is 16.3 Å². The Labute approximate surface area is 235 Å². The maximum Gasteiger partial charge on any atom is 0.269 e. The van der Waals surface area contributed by atoms with Gasteiger partial charge in [-0.3, -0.25) is 14.3 Å². The fourth-order valence-electron chi connectivity index (χ4n) is 4.88. The second kappa shape index (κ2) is 10.9. The van der Waals surface area contributed by atoms with Crippen molar-refractivity contribution in [2.24, 2.45) is 0 Å². The highest BCUT2D eigenvalue weighted by Gasteiger charge is 2.24. The molecule has 1 aliphatic rings. The maximum absolute atomic E-state index is 13.6. The van der Waals surface area contributed by atoms with Crippen LogP contribution in [-0.2, 0) is 16.6 Å². The van der Waals surface area contributed by atoms with Gasteiger partial charge in [0, 0.05) is 53.9 Å². The van der Waals surface area contributed by atoms with Crippen molar-refractivity contribution in [1.29, 1.82) is 0 Å². The molecule has 0 saturated carbocycles. The molecule has 0 aliphatic carbocycles. The number of imidazole rings is 1. The average molecular weight is 574 g/mol. The number of thioether (sulfide) groups is 1. The first-order valence-electron chi connectivity index (χ1n) is 13.0. The van der Waals surface area contributed by atoms with Gasteiger partial charge >= 0.3 is 0 Å². The highest BCUT2D eigenvalue weighted by Crippen LogP contribution is 2.38. The van der Waals surface area contributed by atoms with Crippen LogP contribution in [0.3, 0.4) is 0 Å². The van der Waals surface area contributed by atoms with E-state index in [9.17, 15) is 13.2 Å². The number of pyridine rings is 2. The van der Waals surface area contributed by atoms with Crippen molar-refractivity contribution in [3.8, 4) is 11.4 Å². The maximum atomic E-state index is 13.6. The van der Waals surface area contributed by atoms with E-state index in [2.05, 4.69) is 37.4 Å². The number of anilines is 2. The fourth-order valence-corrected chi connectivity index (χ4v) is 7.50. The Hall–Kier alpha value is -4.03. The van der Waals surface area contributed by atoms with Gasteiger partial charge in [-0.25, -0.2) is 22.4 Å². The van der Waals surface area contributed by atoms with Gasteiger partial charge in [-0.05, 0) is 61.4 Å². The Morgan fingerprint density at radius 1 is 1.05 bits per heavy atom. The summed E-state index contributed by atoms with van der Waals surface area (Å²) >= 11 is 2.01. The third-order valence-electron chi connectivity index (χ3n) is 6.92. The summed E-state index contributed by atoms with van der Waals surface area (Å²) in [6.07, 6.45) is 10.9. The van der Waals surface area contributed by atoms with E-state index in [1.165, 1.54) is 72.1 Å². The zero-order chi connectivity index (χ0) is 27.7. The summed E-state index contributed by atoms with van der Waals surface area (Å²) in [6.45, 7) is 2.16. The third kappa shape index (κ3) is 4.88. The molecule has 1 N–H and O–H groups in total. The molecular formula is C28H27N7O3S2. The third-order valence-corrected chi connectivity index (χ3v) is 10.0. The van der Waals surface area contributed by atoms with Gasteiger partial charge in [0.15, 0.2) is 5.82 Å². The normalized spacial score (nSPS) is 15.8. The van der Waals surface area contributed by atoms with Crippen LogP contribution < -0.4 is 10.9 Å². The second-order valence-electron chi connectivity index (χ2n) is 9.42. The number of nitrogens with zero attached hydrogens (tertiary/aromatic N) is 6. The first-order chi connectivity index (χ1) is 19.5. The van der Waals surface area contributed by atoms with Gasteiger partial charge in [0.25, 0.3) is 15.6 Å². The summed E-state index contributed by atoms with van der Waals surface area (Å²) in [4.78, 5) is 30.9. The molecule has 0 amide bonds. The summed E-state index contributed by atoms with van der Waals surface area (Å²) in [7, 11) is -3.99. The van der Waals surface area contributed by atoms with Crippen LogP contribution in [0.1, 0.15) is 37.0 Å². The molecule has 0 spiro atoms. The average Bonchev–Trinajstić information content (AvgIpc) is 3.49. The number of hydrogen-bond donors (Lipinski definition) is 1. The summed E-state index contributed by atoms with van der Waals surface area (Å²) in [6, 6.07) is 12.7. The molecule has 1 aliphatic heterocycles. The summed E-state index contributed by atoms with van der Waals surface area (Å²) in [5.41, 5.74) is 2.36. The van der Waals surface area contributed by atoms with Gasteiger partial charge < -0.3 is 5.32 Å². The van der Waals surface area contributed by atoms with Crippen LogP contribution in [0.25, 0.3) is 22.4 Å². The molecule has 0 bridgehead atoms. The molecule has 0 radical (unpaired) electrons. The first-order valence-corrected chi connectivity index (χ1v) is 15.5. The van der Waals surface area contributed by atoms with Gasteiger partial charge in [0.05, 0.1) is 10.5 Å². The largest absolute Gasteiger partial charge is 0.324 e. The molecule has 1 unspecified atom stereocenters. The molecule has 204 valence electrons. The van der Waals surface area contributed by atoms with E-state index in [4.69, 9.17) is 0 Å². The smallest absolute Gasteiger partial charge is 0.269 e. The molecule has 12 heteroatoms. The Bertz CT molecular complexity index is 1830. The van der Waals surface area contributed by atoms with Crippen molar-refractivity contribution < 1.29 is 8.42 Å². The van der Waals surface area contributed by atoms with Crippen molar-refractivity contribution in [3.63, 3.8) is 0 Å². The van der Waals surface area contributed by atoms with Gasteiger partial charge in [-0.15, -0.1) is 0 Å². The van der Waals surface area contributed by atoms with E-state index in [1.807, 2.05) is 30.8 Å². The van der Waals surface area contributed by atoms with Gasteiger partial charge in [-0.1, -0.05) is 18.6 Å². The van der Waals surface area contributed by atoms with Crippen LogP contribution in [0.4, 0.5) is 11.6 Å². The molecule has 1 aromatic carbocycles. The lowest BCUT2D eigenvalue weighted by atomic mass is 10.1.